The Morgan fingerprint density at radius 3 is 2.53 bits per heavy atom. The molecule has 0 bridgehead atoms. The molecule has 0 saturated carbocycles. The summed E-state index contributed by atoms with van der Waals surface area (Å²) in [6.07, 6.45) is 0. The second-order valence-electron chi connectivity index (χ2n) is 8.04. The highest BCUT2D eigenvalue weighted by Crippen LogP contribution is 2.39. The van der Waals surface area contributed by atoms with Crippen molar-refractivity contribution in [2.24, 2.45) is 0 Å². The van der Waals surface area contributed by atoms with E-state index in [1.807, 2.05) is 43.3 Å². The molecule has 0 fully saturated rings. The molecule has 4 aromatic rings. The molecule has 1 aliphatic rings. The Morgan fingerprint density at radius 2 is 1.79 bits per heavy atom. The average molecular weight is 475 g/mol. The van der Waals surface area contributed by atoms with Gasteiger partial charge in [-0.1, -0.05) is 58.7 Å². The Labute approximate surface area is 200 Å². The van der Waals surface area contributed by atoms with Crippen LogP contribution in [0.1, 0.15) is 30.0 Å². The number of nitrogens with zero attached hydrogens (tertiary/aromatic N) is 3. The zero-order valence-electron chi connectivity index (χ0n) is 18.4. The van der Waals surface area contributed by atoms with E-state index >= 15 is 0 Å². The number of urea groups is 1. The van der Waals surface area contributed by atoms with Crippen molar-refractivity contribution < 1.29 is 13.7 Å². The van der Waals surface area contributed by atoms with Crippen molar-refractivity contribution in [2.75, 3.05) is 4.90 Å². The Morgan fingerprint density at radius 1 is 1.03 bits per heavy atom. The molecule has 1 unspecified atom stereocenters. The number of aryl methyl sites for hydroxylation is 1. The molecular formula is C26H20ClFN4O2. The maximum atomic E-state index is 14.0. The van der Waals surface area contributed by atoms with Gasteiger partial charge in [0.2, 0.25) is 5.82 Å². The fraction of sp³-hybridized carbons (Fsp3) is 0.115. The Hall–Kier alpha value is -3.97. The molecule has 170 valence electrons. The van der Waals surface area contributed by atoms with Crippen LogP contribution in [0.3, 0.4) is 0 Å². The van der Waals surface area contributed by atoms with Crippen LogP contribution in [0.25, 0.3) is 17.0 Å². The van der Waals surface area contributed by atoms with E-state index in [-0.39, 0.29) is 5.89 Å². The van der Waals surface area contributed by atoms with Crippen molar-refractivity contribution in [3.63, 3.8) is 0 Å². The molecule has 34 heavy (non-hydrogen) atoms. The summed E-state index contributed by atoms with van der Waals surface area (Å²) < 4.78 is 19.7. The highest BCUT2D eigenvalue weighted by molar-refractivity contribution is 6.30. The number of rotatable bonds is 4. The molecule has 0 spiro atoms. The fourth-order valence-electron chi connectivity index (χ4n) is 4.09. The molecule has 1 atom stereocenters. The van der Waals surface area contributed by atoms with Crippen molar-refractivity contribution >= 4 is 28.9 Å². The maximum absolute atomic E-state index is 14.0. The van der Waals surface area contributed by atoms with Crippen LogP contribution in [0.5, 0.6) is 0 Å². The predicted octanol–water partition coefficient (Wildman–Crippen LogP) is 6.54. The number of aromatic nitrogens is 2. The summed E-state index contributed by atoms with van der Waals surface area (Å²) in [6.45, 7) is 3.76. The van der Waals surface area contributed by atoms with E-state index in [0.717, 1.165) is 16.7 Å². The van der Waals surface area contributed by atoms with Gasteiger partial charge in [-0.05, 0) is 55.8 Å². The van der Waals surface area contributed by atoms with E-state index in [2.05, 4.69) is 15.5 Å². The Bertz CT molecular complexity index is 1410. The van der Waals surface area contributed by atoms with Crippen LogP contribution in [0.2, 0.25) is 5.02 Å². The number of nitrogens with one attached hydrogen (secondary N) is 1. The van der Waals surface area contributed by atoms with Gasteiger partial charge in [-0.25, -0.2) is 9.18 Å². The minimum Gasteiger partial charge on any atom is -0.334 e. The molecule has 2 amide bonds. The average Bonchev–Trinajstić information content (AvgIpc) is 3.29. The van der Waals surface area contributed by atoms with Gasteiger partial charge in [-0.3, -0.25) is 4.90 Å². The topological polar surface area (TPSA) is 71.3 Å². The first-order valence-electron chi connectivity index (χ1n) is 10.6. The van der Waals surface area contributed by atoms with Gasteiger partial charge in [0.15, 0.2) is 0 Å². The molecule has 5 rings (SSSR count). The number of carbonyl (C=O) groups is 1. The molecule has 1 aromatic heterocycles. The zero-order chi connectivity index (χ0) is 23.8. The van der Waals surface area contributed by atoms with Gasteiger partial charge in [0, 0.05) is 16.3 Å². The second kappa shape index (κ2) is 8.76. The third-order valence-electron chi connectivity index (χ3n) is 5.69. The van der Waals surface area contributed by atoms with E-state index in [4.69, 9.17) is 16.1 Å². The third kappa shape index (κ3) is 4.06. The van der Waals surface area contributed by atoms with Crippen molar-refractivity contribution in [1.29, 1.82) is 0 Å². The zero-order valence-corrected chi connectivity index (χ0v) is 19.2. The number of allylic oxidation sites excluding steroid dienone is 1. The smallest absolute Gasteiger partial charge is 0.327 e. The number of halogens is 2. The molecule has 3 aromatic carbocycles. The quantitative estimate of drug-likeness (QED) is 0.364. The number of hydrogen-bond donors (Lipinski definition) is 1. The van der Waals surface area contributed by atoms with Gasteiger partial charge < -0.3 is 9.84 Å². The molecule has 2 heterocycles. The van der Waals surface area contributed by atoms with Crippen molar-refractivity contribution in [3.05, 3.63) is 106 Å². The highest BCUT2D eigenvalue weighted by atomic mass is 35.5. The summed E-state index contributed by atoms with van der Waals surface area (Å²) in [6, 6.07) is 19.8. The van der Waals surface area contributed by atoms with E-state index in [1.165, 1.54) is 17.0 Å². The van der Waals surface area contributed by atoms with Crippen LogP contribution in [-0.2, 0) is 0 Å². The number of amides is 2. The molecular weight excluding hydrogens is 455 g/mol. The summed E-state index contributed by atoms with van der Waals surface area (Å²) in [5.74, 6) is 0.248. The molecule has 1 N–H and O–H groups in total. The maximum Gasteiger partial charge on any atom is 0.327 e. The highest BCUT2D eigenvalue weighted by Gasteiger charge is 2.36. The van der Waals surface area contributed by atoms with Crippen LogP contribution in [0.15, 0.2) is 83.0 Å². The first kappa shape index (κ1) is 21.9. The van der Waals surface area contributed by atoms with E-state index in [9.17, 15) is 9.18 Å². The van der Waals surface area contributed by atoms with E-state index < -0.39 is 17.9 Å². The van der Waals surface area contributed by atoms with E-state index in [0.29, 0.717) is 27.8 Å². The van der Waals surface area contributed by atoms with Crippen molar-refractivity contribution in [1.82, 2.24) is 15.5 Å². The predicted molar refractivity (Wildman–Crippen MR) is 129 cm³/mol. The lowest BCUT2D eigenvalue weighted by Gasteiger charge is -2.35. The number of anilines is 1. The van der Waals surface area contributed by atoms with Gasteiger partial charge >= 0.3 is 6.03 Å². The van der Waals surface area contributed by atoms with Crippen molar-refractivity contribution in [2.45, 2.75) is 19.9 Å². The lowest BCUT2D eigenvalue weighted by atomic mass is 9.94. The lowest BCUT2D eigenvalue weighted by molar-refractivity contribution is 0.244. The van der Waals surface area contributed by atoms with Crippen LogP contribution < -0.4 is 10.2 Å². The summed E-state index contributed by atoms with van der Waals surface area (Å²) in [5.41, 5.74) is 4.23. The number of benzene rings is 3. The lowest BCUT2D eigenvalue weighted by Crippen LogP contribution is -2.46. The first-order chi connectivity index (χ1) is 16.4. The van der Waals surface area contributed by atoms with Gasteiger partial charge in [0.1, 0.15) is 5.82 Å². The normalized spacial score (nSPS) is 16.1. The van der Waals surface area contributed by atoms with Gasteiger partial charge in [0.25, 0.3) is 5.89 Å². The monoisotopic (exact) mass is 474 g/mol. The van der Waals surface area contributed by atoms with Crippen LogP contribution in [0.4, 0.5) is 14.9 Å². The van der Waals surface area contributed by atoms with Gasteiger partial charge in [0.05, 0.1) is 17.3 Å². The van der Waals surface area contributed by atoms with Crippen LogP contribution in [0, 0.1) is 12.7 Å². The first-order valence-corrected chi connectivity index (χ1v) is 11.0. The summed E-state index contributed by atoms with van der Waals surface area (Å²) >= 11 is 6.08. The minimum absolute atomic E-state index is 0.260. The number of carbonyl (C=O) groups excluding carboxylic acids is 1. The summed E-state index contributed by atoms with van der Waals surface area (Å²) in [5, 5.41) is 7.75. The minimum atomic E-state index is -0.569. The third-order valence-corrected chi connectivity index (χ3v) is 5.94. The molecule has 0 aliphatic carbocycles. The Balaban J connectivity index is 1.66. The molecule has 8 heteroatoms. The molecule has 1 aliphatic heterocycles. The largest absolute Gasteiger partial charge is 0.334 e. The van der Waals surface area contributed by atoms with Gasteiger partial charge in [-0.15, -0.1) is 0 Å². The van der Waals surface area contributed by atoms with E-state index in [1.54, 1.807) is 31.2 Å². The van der Waals surface area contributed by atoms with Crippen molar-refractivity contribution in [3.8, 4) is 11.4 Å². The second-order valence-corrected chi connectivity index (χ2v) is 8.48. The Kier molecular flexibility index (Phi) is 5.63. The SMILES string of the molecule is CC1=C(c2nc(-c3cccc(C)c3)no2)C(c2ccc(Cl)cc2)NC(=O)N1c1cccc(F)c1. The molecule has 0 saturated heterocycles. The fourth-order valence-corrected chi connectivity index (χ4v) is 4.21. The number of hydrogen-bond acceptors (Lipinski definition) is 4. The standard InChI is InChI=1S/C26H20ClFN4O2/c1-15-5-3-6-18(13-15)24-30-25(34-31-24)22-16(2)32(21-8-4-7-20(28)14-21)26(33)29-23(22)17-9-11-19(27)12-10-17/h3-14,23H,1-2H3,(H,29,33). The van der Waals surface area contributed by atoms with Crippen LogP contribution in [-0.4, -0.2) is 16.2 Å². The summed E-state index contributed by atoms with van der Waals surface area (Å²) in [4.78, 5) is 19.2. The van der Waals surface area contributed by atoms with Gasteiger partial charge in [-0.2, -0.15) is 4.98 Å². The van der Waals surface area contributed by atoms with Crippen LogP contribution >= 0.6 is 11.6 Å². The molecule has 0 radical (unpaired) electrons. The summed E-state index contributed by atoms with van der Waals surface area (Å²) in [7, 11) is 0. The molecule has 6 nitrogen and oxygen atoms in total.